The van der Waals surface area contributed by atoms with Crippen molar-refractivity contribution in [3.8, 4) is 0 Å². The molecular formula is C22H36N2O5. The van der Waals surface area contributed by atoms with Crippen molar-refractivity contribution in [3.05, 3.63) is 11.6 Å². The maximum Gasteiger partial charge on any atom is 0.422 e. The third-order valence-corrected chi connectivity index (χ3v) is 7.10. The Morgan fingerprint density at radius 3 is 2.62 bits per heavy atom. The highest BCUT2D eigenvalue weighted by Gasteiger charge is 2.72. The van der Waals surface area contributed by atoms with Gasteiger partial charge in [0.25, 0.3) is 0 Å². The summed E-state index contributed by atoms with van der Waals surface area (Å²) in [7, 11) is 1.70. The van der Waals surface area contributed by atoms with Crippen LogP contribution in [0.15, 0.2) is 11.6 Å². The molecule has 6 atom stereocenters. The first-order chi connectivity index (χ1) is 13.9. The average Bonchev–Trinajstić information content (AvgIpc) is 3.60. The van der Waals surface area contributed by atoms with Crippen LogP contribution in [0.5, 0.6) is 0 Å². The number of carbonyl (C=O) groups excluding carboxylic acids is 1. The Balaban J connectivity index is 1.42. The molecule has 1 aliphatic carbocycles. The lowest BCUT2D eigenvalue weighted by atomic mass is 9.68. The molecule has 29 heavy (non-hydrogen) atoms. The van der Waals surface area contributed by atoms with Crippen LogP contribution in [-0.2, 0) is 18.9 Å². The van der Waals surface area contributed by atoms with Gasteiger partial charge in [0.05, 0.1) is 18.6 Å². The van der Waals surface area contributed by atoms with Crippen molar-refractivity contribution >= 4 is 6.09 Å². The number of nitrogens with zero attached hydrogens (tertiary/aromatic N) is 1. The summed E-state index contributed by atoms with van der Waals surface area (Å²) in [5.41, 5.74) is 3.69. The van der Waals surface area contributed by atoms with Crippen LogP contribution in [0.3, 0.4) is 0 Å². The van der Waals surface area contributed by atoms with Gasteiger partial charge in [0.1, 0.15) is 23.4 Å². The topological polar surface area (TPSA) is 75.9 Å². The van der Waals surface area contributed by atoms with Crippen LogP contribution in [-0.4, -0.2) is 67.4 Å². The Morgan fingerprint density at radius 2 is 2.00 bits per heavy atom. The number of allylic oxidation sites excluding steroid dienone is 1. The Kier molecular flexibility index (Phi) is 5.95. The Bertz CT molecular complexity index is 639. The molecule has 0 bridgehead atoms. The second-order valence-corrected chi connectivity index (χ2v) is 9.48. The van der Waals surface area contributed by atoms with E-state index in [0.717, 1.165) is 51.8 Å². The summed E-state index contributed by atoms with van der Waals surface area (Å²) in [5.74, 6) is 0.0529. The Morgan fingerprint density at radius 1 is 1.28 bits per heavy atom. The van der Waals surface area contributed by atoms with Gasteiger partial charge in [-0.2, -0.15) is 0 Å². The second kappa shape index (κ2) is 8.17. The van der Waals surface area contributed by atoms with Crippen LogP contribution in [0.2, 0.25) is 0 Å². The summed E-state index contributed by atoms with van der Waals surface area (Å²) < 4.78 is 24.0. The number of methoxy groups -OCH3 is 1. The molecule has 164 valence electrons. The van der Waals surface area contributed by atoms with Gasteiger partial charge in [0.2, 0.25) is 0 Å². The SMILES string of the molecule is COC1C(OC(=O)NN2CCCCC2)CCC2(CO2)C1C1(C)OC1CC=C(C)C. The van der Waals surface area contributed by atoms with Gasteiger partial charge in [-0.1, -0.05) is 18.1 Å². The normalized spacial score (nSPS) is 41.7. The minimum absolute atomic E-state index is 0.0529. The van der Waals surface area contributed by atoms with Crippen LogP contribution in [0.4, 0.5) is 4.79 Å². The van der Waals surface area contributed by atoms with E-state index >= 15 is 0 Å². The van der Waals surface area contributed by atoms with E-state index in [-0.39, 0.29) is 41.5 Å². The van der Waals surface area contributed by atoms with E-state index in [9.17, 15) is 4.79 Å². The van der Waals surface area contributed by atoms with Gasteiger partial charge in [-0.05, 0) is 52.9 Å². The Hall–Kier alpha value is -1.15. The van der Waals surface area contributed by atoms with Crippen molar-refractivity contribution in [2.24, 2.45) is 5.92 Å². The molecule has 4 rings (SSSR count). The lowest BCUT2D eigenvalue weighted by molar-refractivity contribution is -0.120. The van der Waals surface area contributed by atoms with Crippen molar-refractivity contribution in [2.45, 2.75) is 88.8 Å². The van der Waals surface area contributed by atoms with Crippen LogP contribution in [0, 0.1) is 5.92 Å². The molecule has 4 aliphatic rings. The molecule has 0 aromatic rings. The fourth-order valence-electron chi connectivity index (χ4n) is 5.37. The van der Waals surface area contributed by atoms with Gasteiger partial charge >= 0.3 is 6.09 Å². The maximum atomic E-state index is 12.5. The number of hydrazine groups is 1. The van der Waals surface area contributed by atoms with Gasteiger partial charge in [-0.25, -0.2) is 9.80 Å². The van der Waals surface area contributed by atoms with Crippen LogP contribution in [0.1, 0.15) is 59.3 Å². The van der Waals surface area contributed by atoms with E-state index < -0.39 is 0 Å². The number of ether oxygens (including phenoxy) is 4. The Labute approximate surface area is 174 Å². The molecule has 7 heteroatoms. The molecule has 7 nitrogen and oxygen atoms in total. The minimum atomic E-state index is -0.381. The highest BCUT2D eigenvalue weighted by molar-refractivity contribution is 5.66. The summed E-state index contributed by atoms with van der Waals surface area (Å²) in [4.78, 5) is 12.5. The highest BCUT2D eigenvalue weighted by atomic mass is 16.6. The van der Waals surface area contributed by atoms with E-state index in [1.54, 1.807) is 7.11 Å². The standard InChI is InChI=1S/C22H36N2O5/c1-15(2)8-9-17-21(3,29-17)19-18(26-4)16(10-11-22(19)14-27-22)28-20(25)23-24-12-6-5-7-13-24/h8,16-19H,5-7,9-14H2,1-4H3,(H,23,25). The summed E-state index contributed by atoms with van der Waals surface area (Å²) in [6.07, 6.45) is 7.40. The molecule has 3 heterocycles. The predicted molar refractivity (Wildman–Crippen MR) is 108 cm³/mol. The number of piperidine rings is 1. The summed E-state index contributed by atoms with van der Waals surface area (Å²) in [6, 6.07) is 0. The number of amides is 1. The molecule has 0 radical (unpaired) electrons. The van der Waals surface area contributed by atoms with Gasteiger partial charge in [-0.15, -0.1) is 0 Å². The second-order valence-electron chi connectivity index (χ2n) is 9.48. The first-order valence-corrected chi connectivity index (χ1v) is 11.1. The smallest absolute Gasteiger partial charge is 0.422 e. The van der Waals surface area contributed by atoms with Crippen molar-refractivity contribution < 1.29 is 23.7 Å². The zero-order valence-corrected chi connectivity index (χ0v) is 18.2. The first-order valence-electron chi connectivity index (χ1n) is 11.1. The van der Waals surface area contributed by atoms with Crippen LogP contribution < -0.4 is 5.43 Å². The molecule has 1 spiro atoms. The van der Waals surface area contributed by atoms with E-state index in [4.69, 9.17) is 18.9 Å². The van der Waals surface area contributed by atoms with Crippen molar-refractivity contribution in [2.75, 3.05) is 26.8 Å². The van der Waals surface area contributed by atoms with Gasteiger partial charge in [0, 0.05) is 20.2 Å². The number of carbonyl (C=O) groups is 1. The highest BCUT2D eigenvalue weighted by Crippen LogP contribution is 2.59. The molecule has 6 unspecified atom stereocenters. The summed E-state index contributed by atoms with van der Waals surface area (Å²) >= 11 is 0. The zero-order valence-electron chi connectivity index (χ0n) is 18.2. The number of epoxide rings is 2. The molecule has 0 aromatic heterocycles. The number of rotatable bonds is 6. The number of hydrogen-bond donors (Lipinski definition) is 1. The average molecular weight is 409 g/mol. The maximum absolute atomic E-state index is 12.5. The fourth-order valence-corrected chi connectivity index (χ4v) is 5.37. The lowest BCUT2D eigenvalue weighted by Gasteiger charge is -2.42. The van der Waals surface area contributed by atoms with E-state index in [2.05, 4.69) is 32.3 Å². The minimum Gasteiger partial charge on any atom is -0.443 e. The van der Waals surface area contributed by atoms with E-state index in [1.165, 1.54) is 12.0 Å². The third-order valence-electron chi connectivity index (χ3n) is 7.10. The molecule has 1 saturated carbocycles. The van der Waals surface area contributed by atoms with Crippen LogP contribution in [0.25, 0.3) is 0 Å². The molecule has 3 saturated heterocycles. The largest absolute Gasteiger partial charge is 0.443 e. The quantitative estimate of drug-likeness (QED) is 0.537. The molecule has 0 aromatic carbocycles. The van der Waals surface area contributed by atoms with Gasteiger partial charge in [0.15, 0.2) is 0 Å². The predicted octanol–water partition coefficient (Wildman–Crippen LogP) is 3.19. The molecule has 3 aliphatic heterocycles. The van der Waals surface area contributed by atoms with Crippen LogP contribution >= 0.6 is 0 Å². The molecule has 4 fully saturated rings. The lowest BCUT2D eigenvalue weighted by Crippen LogP contribution is -2.56. The molecular weight excluding hydrogens is 372 g/mol. The molecule has 1 amide bonds. The summed E-state index contributed by atoms with van der Waals surface area (Å²) in [6.45, 7) is 8.87. The fraction of sp³-hybridized carbons (Fsp3) is 0.864. The van der Waals surface area contributed by atoms with Gasteiger partial charge in [-0.3, -0.25) is 5.43 Å². The van der Waals surface area contributed by atoms with Gasteiger partial charge < -0.3 is 18.9 Å². The third kappa shape index (κ3) is 4.33. The zero-order chi connectivity index (χ0) is 20.6. The monoisotopic (exact) mass is 408 g/mol. The number of hydrogen-bond acceptors (Lipinski definition) is 6. The van der Waals surface area contributed by atoms with E-state index in [1.807, 2.05) is 5.01 Å². The van der Waals surface area contributed by atoms with Crippen molar-refractivity contribution in [1.29, 1.82) is 0 Å². The summed E-state index contributed by atoms with van der Waals surface area (Å²) in [5, 5.41) is 1.96. The van der Waals surface area contributed by atoms with Crippen molar-refractivity contribution in [1.82, 2.24) is 10.4 Å². The van der Waals surface area contributed by atoms with E-state index in [0.29, 0.717) is 0 Å². The first kappa shape index (κ1) is 21.1. The molecule has 1 N–H and O–H groups in total. The van der Waals surface area contributed by atoms with Crippen molar-refractivity contribution in [3.63, 3.8) is 0 Å². The number of nitrogens with one attached hydrogen (secondary N) is 1.